The van der Waals surface area contributed by atoms with Gasteiger partial charge in [0.15, 0.2) is 0 Å². The first-order chi connectivity index (χ1) is 5.65. The highest BCUT2D eigenvalue weighted by atomic mass is 79.9. The van der Waals surface area contributed by atoms with Crippen LogP contribution in [0.15, 0.2) is 0 Å². The van der Waals surface area contributed by atoms with Gasteiger partial charge < -0.3 is 15.1 Å². The van der Waals surface area contributed by atoms with Gasteiger partial charge in [-0.25, -0.2) is 0 Å². The van der Waals surface area contributed by atoms with Gasteiger partial charge in [0.05, 0.1) is 12.2 Å². The molecule has 1 saturated heterocycles. The topological polar surface area (TPSA) is 60.8 Å². The van der Waals surface area contributed by atoms with Crippen molar-refractivity contribution in [3.8, 4) is 0 Å². The van der Waals surface area contributed by atoms with E-state index in [0.717, 1.165) is 0 Å². The summed E-state index contributed by atoms with van der Waals surface area (Å²) in [5.74, 6) is -0.0255. The van der Waals surface area contributed by atoms with E-state index in [1.807, 2.05) is 0 Å². The van der Waals surface area contributed by atoms with Crippen LogP contribution < -0.4 is 0 Å². The summed E-state index contributed by atoms with van der Waals surface area (Å²) in [5, 5.41) is 18.9. The third-order valence-electron chi connectivity index (χ3n) is 1.92. The van der Waals surface area contributed by atoms with Crippen molar-refractivity contribution in [3.63, 3.8) is 0 Å². The zero-order valence-electron chi connectivity index (χ0n) is 6.61. The van der Waals surface area contributed by atoms with Crippen LogP contribution in [0.4, 0.5) is 0 Å². The van der Waals surface area contributed by atoms with Crippen molar-refractivity contribution in [1.82, 2.24) is 4.90 Å². The van der Waals surface area contributed by atoms with Gasteiger partial charge in [0, 0.05) is 24.8 Å². The molecule has 0 radical (unpaired) electrons. The lowest BCUT2D eigenvalue weighted by Crippen LogP contribution is -2.29. The number of hydrogen-bond donors (Lipinski definition) is 2. The first-order valence-corrected chi connectivity index (χ1v) is 4.97. The minimum absolute atomic E-state index is 0.0255. The van der Waals surface area contributed by atoms with Gasteiger partial charge in [-0.05, 0) is 0 Å². The monoisotopic (exact) mass is 237 g/mol. The average molecular weight is 238 g/mol. The van der Waals surface area contributed by atoms with E-state index in [4.69, 9.17) is 10.2 Å². The van der Waals surface area contributed by atoms with E-state index in [2.05, 4.69) is 15.9 Å². The second-order valence-electron chi connectivity index (χ2n) is 2.87. The Morgan fingerprint density at radius 2 is 1.92 bits per heavy atom. The summed E-state index contributed by atoms with van der Waals surface area (Å²) >= 11 is 3.15. The van der Waals surface area contributed by atoms with Crippen molar-refractivity contribution in [2.75, 3.05) is 18.4 Å². The molecule has 1 aliphatic rings. The molecule has 0 aromatic heterocycles. The maximum Gasteiger partial charge on any atom is 0.223 e. The van der Waals surface area contributed by atoms with E-state index in [1.165, 1.54) is 4.90 Å². The lowest BCUT2D eigenvalue weighted by atomic mass is 10.3. The smallest absolute Gasteiger partial charge is 0.223 e. The molecule has 12 heavy (non-hydrogen) atoms. The molecule has 1 fully saturated rings. The number of likely N-dealkylation sites (tertiary alicyclic amines) is 1. The molecule has 4 nitrogen and oxygen atoms in total. The fourth-order valence-corrected chi connectivity index (χ4v) is 1.55. The van der Waals surface area contributed by atoms with Crippen molar-refractivity contribution in [2.45, 2.75) is 18.6 Å². The van der Waals surface area contributed by atoms with Crippen molar-refractivity contribution >= 4 is 21.8 Å². The number of carbonyl (C=O) groups is 1. The molecule has 1 heterocycles. The first kappa shape index (κ1) is 9.95. The molecule has 0 saturated carbocycles. The van der Waals surface area contributed by atoms with Crippen LogP contribution in [-0.4, -0.2) is 51.6 Å². The standard InChI is InChI=1S/C7H12BrNO3/c8-2-1-7(12)9-3-5(10)6(11)4-9/h5-6,10-11H,1-4H2. The van der Waals surface area contributed by atoms with Crippen LogP contribution in [0.3, 0.4) is 0 Å². The Morgan fingerprint density at radius 1 is 1.42 bits per heavy atom. The molecule has 0 aliphatic carbocycles. The highest BCUT2D eigenvalue weighted by molar-refractivity contribution is 9.09. The molecule has 1 aliphatic heterocycles. The molecule has 2 N–H and O–H groups in total. The second-order valence-corrected chi connectivity index (χ2v) is 3.67. The Kier molecular flexibility index (Phi) is 3.49. The van der Waals surface area contributed by atoms with E-state index >= 15 is 0 Å². The second kappa shape index (κ2) is 4.20. The van der Waals surface area contributed by atoms with E-state index in [9.17, 15) is 4.79 Å². The maximum atomic E-state index is 11.2. The SMILES string of the molecule is O=C(CCBr)N1CC(O)C(O)C1. The minimum Gasteiger partial charge on any atom is -0.388 e. The Morgan fingerprint density at radius 3 is 2.33 bits per heavy atom. The lowest BCUT2D eigenvalue weighted by molar-refractivity contribution is -0.130. The Balaban J connectivity index is 2.40. The minimum atomic E-state index is -0.774. The predicted octanol–water partition coefficient (Wildman–Crippen LogP) is -0.665. The van der Waals surface area contributed by atoms with E-state index < -0.39 is 12.2 Å². The number of nitrogens with zero attached hydrogens (tertiary/aromatic N) is 1. The summed E-state index contributed by atoms with van der Waals surface area (Å²) in [5.41, 5.74) is 0. The molecular formula is C7H12BrNO3. The van der Waals surface area contributed by atoms with Crippen molar-refractivity contribution in [1.29, 1.82) is 0 Å². The normalized spacial score (nSPS) is 29.4. The van der Waals surface area contributed by atoms with Crippen LogP contribution in [-0.2, 0) is 4.79 Å². The summed E-state index contributed by atoms with van der Waals surface area (Å²) < 4.78 is 0. The van der Waals surface area contributed by atoms with Crippen LogP contribution in [0.1, 0.15) is 6.42 Å². The van der Waals surface area contributed by atoms with Gasteiger partial charge >= 0.3 is 0 Å². The summed E-state index contributed by atoms with van der Waals surface area (Å²) in [4.78, 5) is 12.7. The van der Waals surface area contributed by atoms with Crippen LogP contribution in [0, 0.1) is 0 Å². The number of rotatable bonds is 2. The highest BCUT2D eigenvalue weighted by Gasteiger charge is 2.31. The number of halogens is 1. The van der Waals surface area contributed by atoms with Crippen LogP contribution in [0.25, 0.3) is 0 Å². The molecule has 2 atom stereocenters. The molecule has 1 amide bonds. The third kappa shape index (κ3) is 2.18. The molecule has 2 unspecified atom stereocenters. The van der Waals surface area contributed by atoms with Crippen LogP contribution in [0.5, 0.6) is 0 Å². The molecule has 70 valence electrons. The quantitative estimate of drug-likeness (QED) is 0.627. The Bertz CT molecular complexity index is 166. The molecule has 1 rings (SSSR count). The molecule has 5 heteroatoms. The van der Waals surface area contributed by atoms with Crippen molar-refractivity contribution in [2.24, 2.45) is 0 Å². The van der Waals surface area contributed by atoms with E-state index in [-0.39, 0.29) is 19.0 Å². The molecule has 0 bridgehead atoms. The number of aliphatic hydroxyl groups excluding tert-OH is 2. The van der Waals surface area contributed by atoms with Gasteiger partial charge in [-0.1, -0.05) is 15.9 Å². The summed E-state index contributed by atoms with van der Waals surface area (Å²) in [6, 6.07) is 0. The van der Waals surface area contributed by atoms with E-state index in [1.54, 1.807) is 0 Å². The largest absolute Gasteiger partial charge is 0.388 e. The number of aliphatic hydroxyl groups is 2. The Hall–Kier alpha value is -0.130. The molecule has 0 aromatic carbocycles. The number of amides is 1. The molecular weight excluding hydrogens is 226 g/mol. The molecule has 0 spiro atoms. The van der Waals surface area contributed by atoms with Gasteiger partial charge in [0.2, 0.25) is 5.91 Å². The fraction of sp³-hybridized carbons (Fsp3) is 0.857. The summed E-state index contributed by atoms with van der Waals surface area (Å²) in [6.07, 6.45) is -1.13. The number of alkyl halides is 1. The first-order valence-electron chi connectivity index (χ1n) is 3.85. The Labute approximate surface area is 79.3 Å². The average Bonchev–Trinajstić information content (AvgIpc) is 2.33. The third-order valence-corrected chi connectivity index (χ3v) is 2.32. The maximum absolute atomic E-state index is 11.2. The lowest BCUT2D eigenvalue weighted by Gasteiger charge is -2.13. The van der Waals surface area contributed by atoms with Crippen molar-refractivity contribution < 1.29 is 15.0 Å². The van der Waals surface area contributed by atoms with Crippen LogP contribution >= 0.6 is 15.9 Å². The molecule has 0 aromatic rings. The van der Waals surface area contributed by atoms with Crippen LogP contribution in [0.2, 0.25) is 0 Å². The number of hydrogen-bond acceptors (Lipinski definition) is 3. The van der Waals surface area contributed by atoms with Gasteiger partial charge in [0.25, 0.3) is 0 Å². The van der Waals surface area contributed by atoms with Gasteiger partial charge in [-0.2, -0.15) is 0 Å². The van der Waals surface area contributed by atoms with Gasteiger partial charge in [-0.3, -0.25) is 4.79 Å². The number of β-amino-alcohol motifs (C(OH)–C–C–N with tert-alkyl or cyclic N) is 2. The van der Waals surface area contributed by atoms with E-state index in [0.29, 0.717) is 11.8 Å². The fourth-order valence-electron chi connectivity index (χ4n) is 1.21. The van der Waals surface area contributed by atoms with Gasteiger partial charge in [-0.15, -0.1) is 0 Å². The zero-order chi connectivity index (χ0) is 9.14. The van der Waals surface area contributed by atoms with Gasteiger partial charge in [0.1, 0.15) is 0 Å². The summed E-state index contributed by atoms with van der Waals surface area (Å²) in [6.45, 7) is 0.514. The highest BCUT2D eigenvalue weighted by Crippen LogP contribution is 2.11. The van der Waals surface area contributed by atoms with Crippen molar-refractivity contribution in [3.05, 3.63) is 0 Å². The predicted molar refractivity (Wildman–Crippen MR) is 47.0 cm³/mol. The summed E-state index contributed by atoms with van der Waals surface area (Å²) in [7, 11) is 0. The number of carbonyl (C=O) groups excluding carboxylic acids is 1. The zero-order valence-corrected chi connectivity index (χ0v) is 8.20.